The Morgan fingerprint density at radius 3 is 2.53 bits per heavy atom. The van der Waals surface area contributed by atoms with Crippen LogP contribution in [-0.2, 0) is 4.79 Å². The molecule has 0 aliphatic heterocycles. The second kappa shape index (κ2) is 10.8. The van der Waals surface area contributed by atoms with Crippen LogP contribution in [0.25, 0.3) is 17.1 Å². The van der Waals surface area contributed by atoms with Crippen molar-refractivity contribution in [3.63, 3.8) is 0 Å². The van der Waals surface area contributed by atoms with Gasteiger partial charge in [-0.2, -0.15) is 0 Å². The average Bonchev–Trinajstić information content (AvgIpc) is 3.16. The van der Waals surface area contributed by atoms with Gasteiger partial charge in [0.2, 0.25) is 5.91 Å². The van der Waals surface area contributed by atoms with Gasteiger partial charge in [0.15, 0.2) is 11.0 Å². The molecule has 2 aromatic carbocycles. The maximum Gasteiger partial charge on any atom is 0.321 e. The Balaban J connectivity index is 1.87. The largest absolute Gasteiger partial charge is 0.494 e. The molecule has 3 aromatic rings. The third-order valence-corrected chi connectivity index (χ3v) is 5.25. The first-order valence-corrected chi connectivity index (χ1v) is 11.3. The van der Waals surface area contributed by atoms with Gasteiger partial charge in [-0.15, -0.1) is 10.2 Å². The third kappa shape index (κ3) is 6.10. The molecule has 2 N–H and O–H groups in total. The summed E-state index contributed by atoms with van der Waals surface area (Å²) in [5, 5.41) is 14.2. The Morgan fingerprint density at radius 2 is 1.88 bits per heavy atom. The normalized spacial score (nSPS) is 10.8. The van der Waals surface area contributed by atoms with Crippen LogP contribution in [0.4, 0.5) is 4.79 Å². The fourth-order valence-electron chi connectivity index (χ4n) is 3.02. The van der Waals surface area contributed by atoms with Crippen LogP contribution >= 0.6 is 11.8 Å². The Morgan fingerprint density at radius 1 is 1.12 bits per heavy atom. The Bertz CT molecular complexity index is 1080. The molecule has 9 heteroatoms. The molecule has 8 nitrogen and oxygen atoms in total. The van der Waals surface area contributed by atoms with Crippen LogP contribution in [0.2, 0.25) is 0 Å². The number of hydrogen-bond acceptors (Lipinski definition) is 6. The predicted octanol–water partition coefficient (Wildman–Crippen LogP) is 3.97. The van der Waals surface area contributed by atoms with E-state index < -0.39 is 11.9 Å². The van der Waals surface area contributed by atoms with Gasteiger partial charge in [-0.05, 0) is 58.0 Å². The molecule has 0 saturated carbocycles. The monoisotopic (exact) mass is 453 g/mol. The summed E-state index contributed by atoms with van der Waals surface area (Å²) in [6, 6.07) is 15.0. The number of rotatable bonds is 8. The van der Waals surface area contributed by atoms with Gasteiger partial charge in [-0.3, -0.25) is 14.7 Å². The number of hydrogen-bond donors (Lipinski definition) is 2. The number of carbonyl (C=O) groups excluding carboxylic acids is 2. The van der Waals surface area contributed by atoms with Crippen molar-refractivity contribution in [2.45, 2.75) is 38.9 Å². The molecular weight excluding hydrogens is 426 g/mol. The fourth-order valence-corrected chi connectivity index (χ4v) is 3.77. The quantitative estimate of drug-likeness (QED) is 0.501. The number of carbonyl (C=O) groups is 2. The summed E-state index contributed by atoms with van der Waals surface area (Å²) in [6.07, 6.45) is 0. The summed E-state index contributed by atoms with van der Waals surface area (Å²) >= 11 is 1.21. The molecule has 32 heavy (non-hydrogen) atoms. The summed E-state index contributed by atoms with van der Waals surface area (Å²) in [6.45, 7) is 8.19. The predicted molar refractivity (Wildman–Crippen MR) is 125 cm³/mol. The van der Waals surface area contributed by atoms with Gasteiger partial charge >= 0.3 is 6.03 Å². The zero-order valence-electron chi connectivity index (χ0n) is 18.6. The van der Waals surface area contributed by atoms with Crippen molar-refractivity contribution in [3.8, 4) is 22.8 Å². The number of benzene rings is 2. The third-order valence-electron chi connectivity index (χ3n) is 4.32. The highest BCUT2D eigenvalue weighted by Crippen LogP contribution is 2.29. The van der Waals surface area contributed by atoms with E-state index in [1.807, 2.05) is 80.8 Å². The molecule has 0 bridgehead atoms. The molecule has 0 aliphatic carbocycles. The molecule has 0 unspecified atom stereocenters. The van der Waals surface area contributed by atoms with E-state index in [-0.39, 0.29) is 11.8 Å². The fraction of sp³-hybridized carbons (Fsp3) is 0.304. The van der Waals surface area contributed by atoms with Crippen molar-refractivity contribution < 1.29 is 14.3 Å². The van der Waals surface area contributed by atoms with E-state index in [0.717, 1.165) is 22.6 Å². The number of nitrogens with one attached hydrogen (secondary N) is 2. The lowest BCUT2D eigenvalue weighted by atomic mass is 10.1. The molecule has 0 atom stereocenters. The van der Waals surface area contributed by atoms with Gasteiger partial charge in [-0.1, -0.05) is 35.5 Å². The summed E-state index contributed by atoms with van der Waals surface area (Å²) in [4.78, 5) is 24.0. The van der Waals surface area contributed by atoms with Crippen molar-refractivity contribution in [2.24, 2.45) is 0 Å². The van der Waals surface area contributed by atoms with Crippen LogP contribution in [0.15, 0.2) is 53.7 Å². The highest BCUT2D eigenvalue weighted by atomic mass is 32.2. The van der Waals surface area contributed by atoms with E-state index in [1.165, 1.54) is 11.8 Å². The van der Waals surface area contributed by atoms with Crippen molar-refractivity contribution in [1.82, 2.24) is 25.4 Å². The van der Waals surface area contributed by atoms with E-state index in [1.54, 1.807) is 0 Å². The topological polar surface area (TPSA) is 98.1 Å². The SMILES string of the molecule is CCOc1ccc(-n2c(SCC(=O)NC(=O)NC(C)C)nnc2-c2cccc(C)c2)cc1. The van der Waals surface area contributed by atoms with Crippen LogP contribution in [-0.4, -0.2) is 45.1 Å². The second-order valence-corrected chi connectivity index (χ2v) is 8.35. The van der Waals surface area contributed by atoms with Crippen LogP contribution < -0.4 is 15.4 Å². The number of urea groups is 1. The number of amides is 3. The Labute approximate surface area is 191 Å². The molecule has 0 radical (unpaired) electrons. The van der Waals surface area contributed by atoms with Crippen LogP contribution in [0.1, 0.15) is 26.3 Å². The van der Waals surface area contributed by atoms with Crippen LogP contribution in [0, 0.1) is 6.92 Å². The first-order valence-electron chi connectivity index (χ1n) is 10.4. The molecule has 3 rings (SSSR count). The van der Waals surface area contributed by atoms with E-state index in [4.69, 9.17) is 4.74 Å². The molecule has 0 aliphatic rings. The maximum atomic E-state index is 12.2. The minimum atomic E-state index is -0.515. The van der Waals surface area contributed by atoms with Gasteiger partial charge < -0.3 is 10.1 Å². The van der Waals surface area contributed by atoms with E-state index in [2.05, 4.69) is 20.8 Å². The summed E-state index contributed by atoms with van der Waals surface area (Å²) in [5.41, 5.74) is 2.86. The minimum Gasteiger partial charge on any atom is -0.494 e. The molecule has 0 spiro atoms. The molecule has 1 heterocycles. The zero-order chi connectivity index (χ0) is 23.1. The highest BCUT2D eigenvalue weighted by Gasteiger charge is 2.18. The Hall–Kier alpha value is -3.33. The lowest BCUT2D eigenvalue weighted by molar-refractivity contribution is -0.117. The van der Waals surface area contributed by atoms with Crippen LogP contribution in [0.5, 0.6) is 5.75 Å². The van der Waals surface area contributed by atoms with Gasteiger partial charge in [0.05, 0.1) is 12.4 Å². The van der Waals surface area contributed by atoms with Gasteiger partial charge in [0, 0.05) is 17.3 Å². The molecule has 1 aromatic heterocycles. The smallest absolute Gasteiger partial charge is 0.321 e. The lowest BCUT2D eigenvalue weighted by Gasteiger charge is -2.12. The van der Waals surface area contributed by atoms with Crippen molar-refractivity contribution >= 4 is 23.7 Å². The van der Waals surface area contributed by atoms with Gasteiger partial charge in [0.1, 0.15) is 5.75 Å². The summed E-state index contributed by atoms with van der Waals surface area (Å²) in [5.74, 6) is 1.05. The lowest BCUT2D eigenvalue weighted by Crippen LogP contribution is -2.43. The Kier molecular flexibility index (Phi) is 7.88. The number of ether oxygens (including phenoxy) is 1. The number of aromatic nitrogens is 3. The molecular formula is C23H27N5O3S. The zero-order valence-corrected chi connectivity index (χ0v) is 19.4. The maximum absolute atomic E-state index is 12.2. The van der Waals surface area contributed by atoms with Crippen LogP contribution in [0.3, 0.4) is 0 Å². The first kappa shape index (κ1) is 23.3. The number of aryl methyl sites for hydroxylation is 1. The number of imide groups is 1. The first-order chi connectivity index (χ1) is 15.4. The summed E-state index contributed by atoms with van der Waals surface area (Å²) < 4.78 is 7.45. The van der Waals surface area contributed by atoms with E-state index in [9.17, 15) is 9.59 Å². The molecule has 0 fully saturated rings. The van der Waals surface area contributed by atoms with Crippen molar-refractivity contribution in [3.05, 3.63) is 54.1 Å². The van der Waals surface area contributed by atoms with E-state index >= 15 is 0 Å². The van der Waals surface area contributed by atoms with Gasteiger partial charge in [0.25, 0.3) is 0 Å². The number of thioether (sulfide) groups is 1. The number of nitrogens with zero attached hydrogens (tertiary/aromatic N) is 3. The van der Waals surface area contributed by atoms with Gasteiger partial charge in [-0.25, -0.2) is 4.79 Å². The average molecular weight is 454 g/mol. The standard InChI is InChI=1S/C23H27N5O3S/c1-5-31-19-11-9-18(10-12-19)28-21(17-8-6-7-16(4)13-17)26-27-23(28)32-14-20(29)25-22(30)24-15(2)3/h6-13,15H,5,14H2,1-4H3,(H2,24,25,29,30). The minimum absolute atomic E-state index is 0.0223. The van der Waals surface area contributed by atoms with Crippen molar-refractivity contribution in [1.29, 1.82) is 0 Å². The summed E-state index contributed by atoms with van der Waals surface area (Å²) in [7, 11) is 0. The van der Waals surface area contributed by atoms with E-state index in [0.29, 0.717) is 17.6 Å². The second-order valence-electron chi connectivity index (χ2n) is 7.40. The molecule has 0 saturated heterocycles. The molecule has 3 amide bonds. The molecule has 168 valence electrons. The van der Waals surface area contributed by atoms with Crippen molar-refractivity contribution in [2.75, 3.05) is 12.4 Å². The highest BCUT2D eigenvalue weighted by molar-refractivity contribution is 7.99.